The van der Waals surface area contributed by atoms with Crippen molar-refractivity contribution < 1.29 is 119 Å². The van der Waals surface area contributed by atoms with Gasteiger partial charge in [0.2, 0.25) is 11.8 Å². The number of hydrogen-bond acceptors (Lipinski definition) is 23. The zero-order valence-electron chi connectivity index (χ0n) is 30.4. The molecule has 0 saturated carbocycles. The Kier molecular flexibility index (Phi) is 16.4. The molecule has 0 aromatic carbocycles. The van der Waals surface area contributed by atoms with Crippen LogP contribution in [0.4, 0.5) is 0 Å². The highest BCUT2D eigenvalue weighted by atomic mass is 16.8. The first-order chi connectivity index (χ1) is 26.7. The largest absolute Gasteiger partial charge is 0.477 e. The Hall–Kier alpha value is -2.39. The van der Waals surface area contributed by atoms with E-state index < -0.39 is 179 Å². The second kappa shape index (κ2) is 19.8. The van der Waals surface area contributed by atoms with Gasteiger partial charge in [-0.15, -0.1) is 0 Å². The molecule has 2 amide bonds. The van der Waals surface area contributed by atoms with Crippen LogP contribution < -0.4 is 10.6 Å². The van der Waals surface area contributed by atoms with E-state index in [-0.39, 0.29) is 0 Å². The molecular weight excluding hydrogens is 784 g/mol. The molecule has 26 nitrogen and oxygen atoms in total. The van der Waals surface area contributed by atoms with E-state index in [1.54, 1.807) is 0 Å². The summed E-state index contributed by atoms with van der Waals surface area (Å²) in [6.07, 6.45) is -35.8. The molecule has 0 aromatic rings. The number of ether oxygens (including phenoxy) is 7. The first-order valence-corrected chi connectivity index (χ1v) is 17.7. The summed E-state index contributed by atoms with van der Waals surface area (Å²) in [4.78, 5) is 36.5. The second-order valence-corrected chi connectivity index (χ2v) is 14.1. The molecule has 0 unspecified atom stereocenters. The maximum absolute atomic E-state index is 12.8. The molecule has 0 radical (unpaired) electrons. The van der Waals surface area contributed by atoms with Gasteiger partial charge >= 0.3 is 5.97 Å². The van der Waals surface area contributed by atoms with Crippen molar-refractivity contribution in [2.24, 2.45) is 0 Å². The smallest absolute Gasteiger partial charge is 0.364 e. The summed E-state index contributed by atoms with van der Waals surface area (Å²) in [5.41, 5.74) is 0. The number of carboxylic acids is 1. The number of aliphatic hydroxyl groups excluding tert-OH is 13. The molecular formula is C31H52N2O24. The van der Waals surface area contributed by atoms with E-state index in [0.717, 1.165) is 13.8 Å². The van der Waals surface area contributed by atoms with Crippen LogP contribution >= 0.6 is 0 Å². The van der Waals surface area contributed by atoms with E-state index in [9.17, 15) is 85.9 Å². The van der Waals surface area contributed by atoms with Gasteiger partial charge in [-0.05, 0) is 0 Å². The van der Waals surface area contributed by atoms with E-state index in [2.05, 4.69) is 10.6 Å². The summed E-state index contributed by atoms with van der Waals surface area (Å²) < 4.78 is 38.9. The first kappa shape index (κ1) is 47.3. The number of carboxylic acid groups (broad SMARTS) is 1. The molecule has 330 valence electrons. The number of aliphatic hydroxyl groups is 13. The standard InChI is InChI=1S/C31H52N2O24/c1-8(37)32-15-10(39)3-31(30(49)50,56-25(15)17(41)11(40)4-34)57-26-19(43)13(6-36)53-28(23(26)47)51-7-14-24(20(44)16(27(48)52-14)33-9(2)38)55-29-22(46)21(45)18(42)12(5-35)54-29/h10-29,34-36,39-48H,3-7H2,1-2H3,(H,32,37)(H,33,38)(H,49,50)/t10-,11+,12+,13+,14+,15+,16+,17+,18-,19-,20+,21-,22+,23+,24+,25+,26-,27+,28+,29-,31-/m0/s1. The lowest BCUT2D eigenvalue weighted by Crippen LogP contribution is -2.70. The number of carbonyl (C=O) groups excluding carboxylic acids is 2. The number of hydrogen-bond donors (Lipinski definition) is 16. The number of nitrogens with one attached hydrogen (secondary N) is 2. The van der Waals surface area contributed by atoms with Crippen LogP contribution in [-0.4, -0.2) is 244 Å². The van der Waals surface area contributed by atoms with Gasteiger partial charge in [0.05, 0.1) is 38.6 Å². The third kappa shape index (κ3) is 10.3. The molecule has 0 spiro atoms. The maximum Gasteiger partial charge on any atom is 0.364 e. The van der Waals surface area contributed by atoms with Crippen LogP contribution in [0.3, 0.4) is 0 Å². The molecule has 4 aliphatic rings. The number of aliphatic carboxylic acids is 1. The highest BCUT2D eigenvalue weighted by Gasteiger charge is 2.60. The number of amides is 2. The van der Waals surface area contributed by atoms with Crippen molar-refractivity contribution in [3.8, 4) is 0 Å². The lowest BCUT2D eigenvalue weighted by molar-refractivity contribution is -0.375. The van der Waals surface area contributed by atoms with Crippen molar-refractivity contribution in [2.75, 3.05) is 26.4 Å². The van der Waals surface area contributed by atoms with Gasteiger partial charge in [0, 0.05) is 20.3 Å². The lowest BCUT2D eigenvalue weighted by atomic mass is 9.88. The highest BCUT2D eigenvalue weighted by molar-refractivity contribution is 5.76. The lowest BCUT2D eigenvalue weighted by Gasteiger charge is -2.50. The molecule has 0 aliphatic carbocycles. The quantitative estimate of drug-likeness (QED) is 0.0728. The average molecular weight is 837 g/mol. The third-order valence-electron chi connectivity index (χ3n) is 9.96. The minimum Gasteiger partial charge on any atom is -0.477 e. The average Bonchev–Trinajstić information content (AvgIpc) is 3.15. The van der Waals surface area contributed by atoms with Crippen LogP contribution in [0.15, 0.2) is 0 Å². The zero-order chi connectivity index (χ0) is 42.7. The van der Waals surface area contributed by atoms with Gasteiger partial charge in [-0.2, -0.15) is 0 Å². The monoisotopic (exact) mass is 836 g/mol. The molecule has 21 atom stereocenters. The molecule has 57 heavy (non-hydrogen) atoms. The van der Waals surface area contributed by atoms with Crippen molar-refractivity contribution in [3.05, 3.63) is 0 Å². The minimum atomic E-state index is -3.09. The summed E-state index contributed by atoms with van der Waals surface area (Å²) in [7, 11) is 0. The maximum atomic E-state index is 12.8. The molecule has 4 fully saturated rings. The van der Waals surface area contributed by atoms with E-state index in [4.69, 9.17) is 33.2 Å². The van der Waals surface area contributed by atoms with E-state index in [1.165, 1.54) is 0 Å². The highest BCUT2D eigenvalue weighted by Crippen LogP contribution is 2.38. The predicted molar refractivity (Wildman–Crippen MR) is 174 cm³/mol. The van der Waals surface area contributed by atoms with Gasteiger partial charge in [-0.3, -0.25) is 9.59 Å². The molecule has 16 N–H and O–H groups in total. The fourth-order valence-corrected chi connectivity index (χ4v) is 6.95. The topological polar surface area (TPSA) is 423 Å². The predicted octanol–water partition coefficient (Wildman–Crippen LogP) is -10.3. The van der Waals surface area contributed by atoms with E-state index in [0.29, 0.717) is 0 Å². The van der Waals surface area contributed by atoms with E-state index >= 15 is 0 Å². The number of rotatable bonds is 15. The summed E-state index contributed by atoms with van der Waals surface area (Å²) in [5, 5.41) is 151. The van der Waals surface area contributed by atoms with Crippen molar-refractivity contribution >= 4 is 17.8 Å². The molecule has 0 aromatic heterocycles. The molecule has 4 saturated heterocycles. The Morgan fingerprint density at radius 2 is 1.30 bits per heavy atom. The van der Waals surface area contributed by atoms with Crippen molar-refractivity contribution in [1.29, 1.82) is 0 Å². The Bertz CT molecular complexity index is 1350. The Labute approximate surface area is 322 Å². The fraction of sp³-hybridized carbons (Fsp3) is 0.903. The van der Waals surface area contributed by atoms with Gasteiger partial charge in [0.25, 0.3) is 5.79 Å². The van der Waals surface area contributed by atoms with Crippen LogP contribution in [0.2, 0.25) is 0 Å². The molecule has 4 heterocycles. The van der Waals surface area contributed by atoms with Crippen molar-refractivity contribution in [2.45, 2.75) is 149 Å². The molecule has 4 rings (SSSR count). The summed E-state index contributed by atoms with van der Waals surface area (Å²) in [5.74, 6) is -6.63. The minimum absolute atomic E-state index is 0.744. The summed E-state index contributed by atoms with van der Waals surface area (Å²) >= 11 is 0. The Balaban J connectivity index is 1.60. The fourth-order valence-electron chi connectivity index (χ4n) is 6.95. The van der Waals surface area contributed by atoms with Gasteiger partial charge < -0.3 is 115 Å². The Morgan fingerprint density at radius 3 is 1.86 bits per heavy atom. The third-order valence-corrected chi connectivity index (χ3v) is 9.96. The zero-order valence-corrected chi connectivity index (χ0v) is 30.4. The first-order valence-electron chi connectivity index (χ1n) is 17.7. The van der Waals surface area contributed by atoms with Crippen LogP contribution in [0.5, 0.6) is 0 Å². The van der Waals surface area contributed by atoms with Crippen molar-refractivity contribution in [1.82, 2.24) is 10.6 Å². The molecule has 26 heteroatoms. The number of carbonyl (C=O) groups is 3. The van der Waals surface area contributed by atoms with Crippen LogP contribution in [0.25, 0.3) is 0 Å². The van der Waals surface area contributed by atoms with Crippen molar-refractivity contribution in [3.63, 3.8) is 0 Å². The normalized spacial score (nSPS) is 45.1. The second-order valence-electron chi connectivity index (χ2n) is 14.1. The van der Waals surface area contributed by atoms with Gasteiger partial charge in [-0.1, -0.05) is 0 Å². The van der Waals surface area contributed by atoms with Gasteiger partial charge in [0.15, 0.2) is 18.9 Å². The molecule has 0 bridgehead atoms. The van der Waals surface area contributed by atoms with E-state index in [1.807, 2.05) is 0 Å². The molecule has 4 aliphatic heterocycles. The summed E-state index contributed by atoms with van der Waals surface area (Å²) in [6, 6.07) is -3.19. The van der Waals surface area contributed by atoms with Crippen LogP contribution in [0, 0.1) is 0 Å². The van der Waals surface area contributed by atoms with Crippen LogP contribution in [0.1, 0.15) is 20.3 Å². The van der Waals surface area contributed by atoms with Gasteiger partial charge in [-0.25, -0.2) is 4.79 Å². The van der Waals surface area contributed by atoms with Gasteiger partial charge in [0.1, 0.15) is 91.5 Å². The SMILES string of the molecule is CC(=O)N[C@@H]1[C@@H](O)[C@H](O[C@@H]2O[C@H](CO)[C@H](O)[C@H](O)[C@H]2O)[C@@H](CO[C@@H]2O[C@H](CO)[C@H](O)[C@H](O[C@]3(C(=O)O)C[C@H](O)[C@@H](NC(C)=O)[C@H]([C@H](O)[C@H](O)CO)O3)[C@H]2O)O[C@H]1O. The Morgan fingerprint density at radius 1 is 0.719 bits per heavy atom. The van der Waals surface area contributed by atoms with Crippen LogP contribution in [-0.2, 0) is 47.5 Å². The summed E-state index contributed by atoms with van der Waals surface area (Å²) in [6.45, 7) is -1.78.